The molecule has 25 heavy (non-hydrogen) atoms. The number of nitriles is 1. The van der Waals surface area contributed by atoms with Gasteiger partial charge in [0.15, 0.2) is 0 Å². The van der Waals surface area contributed by atoms with E-state index in [1.54, 1.807) is 0 Å². The first-order chi connectivity index (χ1) is 11.7. The molecule has 1 aliphatic heterocycles. The lowest BCUT2D eigenvalue weighted by molar-refractivity contribution is 0.368. The number of hydrogen-bond donors (Lipinski definition) is 0. The molecule has 0 N–H and O–H groups in total. The monoisotopic (exact) mass is 352 g/mol. The Balaban J connectivity index is 0.00000182. The Labute approximate surface area is 156 Å². The summed E-state index contributed by atoms with van der Waals surface area (Å²) >= 11 is 0. The predicted octanol–water partition coefficient (Wildman–Crippen LogP) is 4.36. The predicted molar refractivity (Wildman–Crippen MR) is 104 cm³/mol. The number of nitrogens with zero attached hydrogens (tertiary/aromatic N) is 2. The highest BCUT2D eigenvalue weighted by molar-refractivity contribution is 5.85. The zero-order valence-corrected chi connectivity index (χ0v) is 15.6. The summed E-state index contributed by atoms with van der Waals surface area (Å²) in [6.45, 7) is 2.25. The number of aryl methyl sites for hydroxylation is 2. The number of fused-ring (bicyclic) bond motifs is 2. The van der Waals surface area contributed by atoms with Gasteiger partial charge in [-0.2, -0.15) is 5.26 Å². The van der Waals surface area contributed by atoms with Crippen molar-refractivity contribution in [1.29, 1.82) is 5.26 Å². The Kier molecular flexibility index (Phi) is 5.18. The molecule has 2 aromatic rings. The van der Waals surface area contributed by atoms with Gasteiger partial charge in [-0.3, -0.25) is 0 Å². The van der Waals surface area contributed by atoms with Gasteiger partial charge in [0, 0.05) is 6.54 Å². The highest BCUT2D eigenvalue weighted by atomic mass is 35.5. The zero-order valence-electron chi connectivity index (χ0n) is 14.7. The second kappa shape index (κ2) is 7.20. The standard InChI is InChI=1S/C22H24N2.ClH/c1-24-13-12-17(15-24)14-22(16-23)20-8-4-2-6-18(20)10-11-19-7-3-5-9-21(19)22;/h2-9,17H,10-15H2,1H3;1H. The van der Waals surface area contributed by atoms with Crippen LogP contribution in [0.4, 0.5) is 0 Å². The van der Waals surface area contributed by atoms with Crippen LogP contribution in [0.5, 0.6) is 0 Å². The Morgan fingerprint density at radius 2 is 1.60 bits per heavy atom. The fourth-order valence-electron chi connectivity index (χ4n) is 4.74. The van der Waals surface area contributed by atoms with Crippen LogP contribution in [0, 0.1) is 17.2 Å². The van der Waals surface area contributed by atoms with Crippen molar-refractivity contribution in [1.82, 2.24) is 4.90 Å². The van der Waals surface area contributed by atoms with Gasteiger partial charge < -0.3 is 4.90 Å². The lowest BCUT2D eigenvalue weighted by atomic mass is 9.68. The lowest BCUT2D eigenvalue weighted by Crippen LogP contribution is -2.31. The summed E-state index contributed by atoms with van der Waals surface area (Å²) in [6, 6.07) is 20.0. The Morgan fingerprint density at radius 3 is 2.08 bits per heavy atom. The molecule has 4 rings (SSSR count). The largest absolute Gasteiger partial charge is 0.306 e. The normalized spacial score (nSPS) is 21.4. The first-order valence-corrected chi connectivity index (χ1v) is 8.99. The van der Waals surface area contributed by atoms with Gasteiger partial charge >= 0.3 is 0 Å². The number of benzene rings is 2. The van der Waals surface area contributed by atoms with Gasteiger partial charge in [0.1, 0.15) is 5.41 Å². The molecule has 0 radical (unpaired) electrons. The van der Waals surface area contributed by atoms with Crippen LogP contribution in [0.15, 0.2) is 48.5 Å². The van der Waals surface area contributed by atoms with E-state index in [1.807, 2.05) is 0 Å². The topological polar surface area (TPSA) is 27.0 Å². The molecule has 0 aromatic heterocycles. The molecule has 0 bridgehead atoms. The lowest BCUT2D eigenvalue weighted by Gasteiger charge is -2.32. The summed E-state index contributed by atoms with van der Waals surface area (Å²) in [6.07, 6.45) is 4.19. The molecular formula is C22H25ClN2. The molecule has 0 amide bonds. The quantitative estimate of drug-likeness (QED) is 0.803. The number of halogens is 1. The molecule has 1 heterocycles. The summed E-state index contributed by atoms with van der Waals surface area (Å²) in [5.41, 5.74) is 4.68. The zero-order chi connectivity index (χ0) is 16.6. The smallest absolute Gasteiger partial charge is 0.108 e. The molecule has 1 unspecified atom stereocenters. The van der Waals surface area contributed by atoms with Crippen molar-refractivity contribution in [3.05, 3.63) is 70.8 Å². The van der Waals surface area contributed by atoms with Crippen LogP contribution in [0.2, 0.25) is 0 Å². The molecule has 1 atom stereocenters. The van der Waals surface area contributed by atoms with E-state index in [-0.39, 0.29) is 12.4 Å². The summed E-state index contributed by atoms with van der Waals surface area (Å²) in [5.74, 6) is 0.592. The van der Waals surface area contributed by atoms with Crippen molar-refractivity contribution >= 4 is 12.4 Å². The molecule has 2 nitrogen and oxygen atoms in total. The van der Waals surface area contributed by atoms with Crippen LogP contribution in [0.25, 0.3) is 0 Å². The maximum Gasteiger partial charge on any atom is 0.108 e. The molecule has 0 spiro atoms. The van der Waals surface area contributed by atoms with E-state index in [0.717, 1.165) is 32.4 Å². The molecule has 1 saturated heterocycles. The van der Waals surface area contributed by atoms with Crippen molar-refractivity contribution in [3.63, 3.8) is 0 Å². The van der Waals surface area contributed by atoms with E-state index in [1.165, 1.54) is 28.7 Å². The Hall–Kier alpha value is -1.82. The van der Waals surface area contributed by atoms with Crippen molar-refractivity contribution in [2.75, 3.05) is 20.1 Å². The van der Waals surface area contributed by atoms with Crippen LogP contribution < -0.4 is 0 Å². The van der Waals surface area contributed by atoms with Crippen molar-refractivity contribution in [2.45, 2.75) is 31.1 Å². The van der Waals surface area contributed by atoms with Crippen LogP contribution >= 0.6 is 12.4 Å². The van der Waals surface area contributed by atoms with E-state index in [2.05, 4.69) is 66.5 Å². The molecule has 1 aliphatic carbocycles. The maximum absolute atomic E-state index is 10.4. The Bertz CT molecular complexity index is 745. The number of likely N-dealkylation sites (tertiary alicyclic amines) is 1. The highest BCUT2D eigenvalue weighted by Crippen LogP contribution is 2.44. The summed E-state index contributed by atoms with van der Waals surface area (Å²) in [5, 5.41) is 10.4. The fraction of sp³-hybridized carbons (Fsp3) is 0.409. The van der Waals surface area contributed by atoms with E-state index in [4.69, 9.17) is 0 Å². The minimum atomic E-state index is -0.500. The summed E-state index contributed by atoms with van der Waals surface area (Å²) < 4.78 is 0. The fourth-order valence-corrected chi connectivity index (χ4v) is 4.74. The van der Waals surface area contributed by atoms with Gasteiger partial charge in [-0.25, -0.2) is 0 Å². The van der Waals surface area contributed by atoms with Gasteiger partial charge in [0.25, 0.3) is 0 Å². The minimum absolute atomic E-state index is 0. The molecule has 3 heteroatoms. The number of rotatable bonds is 2. The van der Waals surface area contributed by atoms with Gasteiger partial charge in [-0.15, -0.1) is 12.4 Å². The molecule has 0 saturated carbocycles. The second-order valence-corrected chi connectivity index (χ2v) is 7.45. The van der Waals surface area contributed by atoms with Gasteiger partial charge in [0.05, 0.1) is 6.07 Å². The van der Waals surface area contributed by atoms with E-state index in [9.17, 15) is 5.26 Å². The van der Waals surface area contributed by atoms with Crippen molar-refractivity contribution in [3.8, 4) is 6.07 Å². The van der Waals surface area contributed by atoms with Gasteiger partial charge in [-0.05, 0) is 67.4 Å². The second-order valence-electron chi connectivity index (χ2n) is 7.45. The highest BCUT2D eigenvalue weighted by Gasteiger charge is 2.42. The third kappa shape index (κ3) is 3.08. The SMILES string of the molecule is CN1CCC(CC2(C#N)c3ccccc3CCc3ccccc32)C1.Cl. The maximum atomic E-state index is 10.4. The van der Waals surface area contributed by atoms with E-state index >= 15 is 0 Å². The summed E-state index contributed by atoms with van der Waals surface area (Å²) in [7, 11) is 2.19. The third-order valence-corrected chi connectivity index (χ3v) is 5.89. The molecular weight excluding hydrogens is 328 g/mol. The minimum Gasteiger partial charge on any atom is -0.306 e. The van der Waals surface area contributed by atoms with Crippen molar-refractivity contribution < 1.29 is 0 Å². The Morgan fingerprint density at radius 1 is 1.04 bits per heavy atom. The van der Waals surface area contributed by atoms with E-state index < -0.39 is 5.41 Å². The number of hydrogen-bond acceptors (Lipinski definition) is 2. The van der Waals surface area contributed by atoms with Crippen LogP contribution in [0.1, 0.15) is 35.1 Å². The van der Waals surface area contributed by atoms with Crippen molar-refractivity contribution in [2.24, 2.45) is 5.92 Å². The van der Waals surface area contributed by atoms with Crippen LogP contribution in [0.3, 0.4) is 0 Å². The van der Waals surface area contributed by atoms with Crippen LogP contribution in [-0.4, -0.2) is 25.0 Å². The molecule has 2 aliphatic rings. The van der Waals surface area contributed by atoms with Gasteiger partial charge in [-0.1, -0.05) is 48.5 Å². The van der Waals surface area contributed by atoms with E-state index in [0.29, 0.717) is 5.92 Å². The average molecular weight is 353 g/mol. The first-order valence-electron chi connectivity index (χ1n) is 8.99. The summed E-state index contributed by atoms with van der Waals surface area (Å²) in [4.78, 5) is 2.39. The molecule has 2 aromatic carbocycles. The average Bonchev–Trinajstić information content (AvgIpc) is 2.97. The van der Waals surface area contributed by atoms with Crippen LogP contribution in [-0.2, 0) is 18.3 Å². The third-order valence-electron chi connectivity index (χ3n) is 5.89. The molecule has 130 valence electrons. The first kappa shape index (κ1) is 18.0. The molecule has 1 fully saturated rings. The van der Waals surface area contributed by atoms with Gasteiger partial charge in [0.2, 0.25) is 0 Å².